The molecule has 0 radical (unpaired) electrons. The number of nitrogens with one attached hydrogen (secondary N) is 2. The van der Waals surface area contributed by atoms with Gasteiger partial charge in [0.15, 0.2) is 0 Å². The van der Waals surface area contributed by atoms with E-state index in [1.54, 1.807) is 6.92 Å². The third-order valence-electron chi connectivity index (χ3n) is 4.65. The first-order valence-corrected chi connectivity index (χ1v) is 9.81. The van der Waals surface area contributed by atoms with Crippen molar-refractivity contribution in [1.29, 1.82) is 0 Å². The van der Waals surface area contributed by atoms with Crippen molar-refractivity contribution in [2.45, 2.75) is 32.7 Å². The van der Waals surface area contributed by atoms with Gasteiger partial charge in [-0.1, -0.05) is 55.5 Å². The van der Waals surface area contributed by atoms with Gasteiger partial charge in [-0.05, 0) is 25.0 Å². The van der Waals surface area contributed by atoms with Crippen molar-refractivity contribution in [2.24, 2.45) is 0 Å². The van der Waals surface area contributed by atoms with E-state index in [2.05, 4.69) is 10.6 Å². The van der Waals surface area contributed by atoms with Crippen LogP contribution in [0, 0.1) is 0 Å². The minimum absolute atomic E-state index is 0.258. The normalized spacial score (nSPS) is 16.1. The minimum Gasteiger partial charge on any atom is -0.493 e. The third kappa shape index (κ3) is 5.16. The molecule has 1 aliphatic heterocycles. The molecule has 0 aliphatic carbocycles. The summed E-state index contributed by atoms with van der Waals surface area (Å²) >= 11 is 0. The van der Waals surface area contributed by atoms with Crippen molar-refractivity contribution in [1.82, 2.24) is 10.6 Å². The van der Waals surface area contributed by atoms with Gasteiger partial charge in [0.25, 0.3) is 0 Å². The summed E-state index contributed by atoms with van der Waals surface area (Å²) < 4.78 is 11.4. The average Bonchev–Trinajstić information content (AvgIpc) is 2.72. The number of allylic oxidation sites excluding steroid dienone is 1. The zero-order valence-electron chi connectivity index (χ0n) is 16.7. The van der Waals surface area contributed by atoms with E-state index in [4.69, 9.17) is 9.47 Å². The Morgan fingerprint density at radius 2 is 1.76 bits per heavy atom. The number of carbonyl (C=O) groups excluding carboxylic acids is 2. The lowest BCUT2D eigenvalue weighted by Crippen LogP contribution is -2.45. The number of carbonyl (C=O) groups is 2. The minimum atomic E-state index is -0.638. The molecule has 0 unspecified atom stereocenters. The SMILES string of the molecule is CCCOc1ccccc1[C@H]1NC(=O)NC(C)=C1C(=O)OCCc1ccccc1. The molecule has 2 N–H and O–H groups in total. The maximum atomic E-state index is 12.9. The molecule has 152 valence electrons. The summed E-state index contributed by atoms with van der Waals surface area (Å²) in [6.07, 6.45) is 1.48. The predicted octanol–water partition coefficient (Wildman–Crippen LogP) is 3.89. The number of hydrogen-bond donors (Lipinski definition) is 2. The van der Waals surface area contributed by atoms with Gasteiger partial charge in [0.2, 0.25) is 0 Å². The molecule has 0 saturated heterocycles. The van der Waals surface area contributed by atoms with Crippen LogP contribution in [0.4, 0.5) is 4.79 Å². The maximum absolute atomic E-state index is 12.9. The summed E-state index contributed by atoms with van der Waals surface area (Å²) in [7, 11) is 0. The fourth-order valence-electron chi connectivity index (χ4n) is 3.24. The van der Waals surface area contributed by atoms with Crippen molar-refractivity contribution in [3.8, 4) is 5.75 Å². The van der Waals surface area contributed by atoms with Gasteiger partial charge in [0, 0.05) is 17.7 Å². The molecule has 0 aromatic heterocycles. The molecule has 2 aromatic rings. The monoisotopic (exact) mass is 394 g/mol. The molecule has 6 nitrogen and oxygen atoms in total. The van der Waals surface area contributed by atoms with Crippen molar-refractivity contribution in [3.63, 3.8) is 0 Å². The van der Waals surface area contributed by atoms with E-state index < -0.39 is 12.0 Å². The molecule has 3 rings (SSSR count). The van der Waals surface area contributed by atoms with E-state index in [1.165, 1.54) is 0 Å². The number of para-hydroxylation sites is 1. The Kier molecular flexibility index (Phi) is 6.89. The highest BCUT2D eigenvalue weighted by Gasteiger charge is 2.33. The van der Waals surface area contributed by atoms with Gasteiger partial charge in [-0.25, -0.2) is 9.59 Å². The van der Waals surface area contributed by atoms with Crippen LogP contribution in [0.2, 0.25) is 0 Å². The van der Waals surface area contributed by atoms with E-state index in [-0.39, 0.29) is 12.6 Å². The summed E-state index contributed by atoms with van der Waals surface area (Å²) in [6.45, 7) is 4.54. The second-order valence-electron chi connectivity index (χ2n) is 6.83. The Balaban J connectivity index is 1.80. The first-order chi connectivity index (χ1) is 14.1. The van der Waals surface area contributed by atoms with E-state index in [9.17, 15) is 9.59 Å². The molecule has 1 atom stereocenters. The van der Waals surface area contributed by atoms with Crippen LogP contribution < -0.4 is 15.4 Å². The lowest BCUT2D eigenvalue weighted by Gasteiger charge is -2.29. The first-order valence-electron chi connectivity index (χ1n) is 9.81. The van der Waals surface area contributed by atoms with Gasteiger partial charge in [-0.15, -0.1) is 0 Å². The molecule has 1 aliphatic rings. The first kappa shape index (κ1) is 20.5. The van der Waals surface area contributed by atoms with E-state index in [1.807, 2.05) is 61.5 Å². The summed E-state index contributed by atoms with van der Waals surface area (Å²) in [4.78, 5) is 25.0. The van der Waals surface area contributed by atoms with E-state index >= 15 is 0 Å². The molecule has 0 bridgehead atoms. The molecule has 29 heavy (non-hydrogen) atoms. The highest BCUT2D eigenvalue weighted by molar-refractivity contribution is 5.95. The molecule has 0 fully saturated rings. The third-order valence-corrected chi connectivity index (χ3v) is 4.65. The largest absolute Gasteiger partial charge is 0.493 e. The Morgan fingerprint density at radius 3 is 2.52 bits per heavy atom. The molecular weight excluding hydrogens is 368 g/mol. The molecule has 0 saturated carbocycles. The van der Waals surface area contributed by atoms with Gasteiger partial charge < -0.3 is 20.1 Å². The fourth-order valence-corrected chi connectivity index (χ4v) is 3.24. The van der Waals surface area contributed by atoms with Crippen LogP contribution in [-0.4, -0.2) is 25.2 Å². The van der Waals surface area contributed by atoms with Crippen molar-refractivity contribution in [3.05, 3.63) is 77.0 Å². The van der Waals surface area contributed by atoms with E-state index in [0.29, 0.717) is 30.0 Å². The summed E-state index contributed by atoms with van der Waals surface area (Å²) in [6, 6.07) is 16.2. The molecular formula is C23H26N2O4. The number of rotatable bonds is 8. The number of esters is 1. The Labute approximate surface area is 170 Å². The lowest BCUT2D eigenvalue weighted by atomic mass is 9.95. The van der Waals surface area contributed by atoms with Crippen LogP contribution in [0.3, 0.4) is 0 Å². The van der Waals surface area contributed by atoms with Crippen LogP contribution in [0.25, 0.3) is 0 Å². The molecule has 1 heterocycles. The number of urea groups is 1. The smallest absolute Gasteiger partial charge is 0.338 e. The van der Waals surface area contributed by atoms with Crippen LogP contribution in [0.1, 0.15) is 37.4 Å². The average molecular weight is 394 g/mol. The highest BCUT2D eigenvalue weighted by Crippen LogP contribution is 2.33. The zero-order chi connectivity index (χ0) is 20.6. The zero-order valence-corrected chi connectivity index (χ0v) is 16.7. The number of hydrogen-bond acceptors (Lipinski definition) is 4. The van der Waals surface area contributed by atoms with Crippen LogP contribution in [-0.2, 0) is 16.0 Å². The summed E-state index contributed by atoms with van der Waals surface area (Å²) in [5.74, 6) is 0.185. The van der Waals surface area contributed by atoms with Crippen molar-refractivity contribution < 1.29 is 19.1 Å². The summed E-state index contributed by atoms with van der Waals surface area (Å²) in [5.41, 5.74) is 2.68. The Hall–Kier alpha value is -3.28. The number of ether oxygens (including phenoxy) is 2. The topological polar surface area (TPSA) is 76.7 Å². The van der Waals surface area contributed by atoms with Gasteiger partial charge in [-0.2, -0.15) is 0 Å². The predicted molar refractivity (Wildman–Crippen MR) is 110 cm³/mol. The molecule has 2 aromatic carbocycles. The molecule has 0 spiro atoms. The Morgan fingerprint density at radius 1 is 1.03 bits per heavy atom. The van der Waals surface area contributed by atoms with Crippen LogP contribution in [0.5, 0.6) is 5.75 Å². The van der Waals surface area contributed by atoms with Gasteiger partial charge in [0.05, 0.1) is 24.8 Å². The standard InChI is InChI=1S/C23H26N2O4/c1-3-14-28-19-12-8-7-11-18(19)21-20(16(2)24-23(27)25-21)22(26)29-15-13-17-9-5-4-6-10-17/h4-12,21H,3,13-15H2,1-2H3,(H2,24,25,27)/t21-/m1/s1. The van der Waals surface area contributed by atoms with Crippen LogP contribution in [0.15, 0.2) is 65.9 Å². The number of amides is 2. The van der Waals surface area contributed by atoms with Crippen molar-refractivity contribution in [2.75, 3.05) is 13.2 Å². The van der Waals surface area contributed by atoms with Gasteiger partial charge in [-0.3, -0.25) is 0 Å². The lowest BCUT2D eigenvalue weighted by molar-refractivity contribution is -0.139. The quantitative estimate of drug-likeness (QED) is 0.666. The van der Waals surface area contributed by atoms with Gasteiger partial charge in [0.1, 0.15) is 5.75 Å². The maximum Gasteiger partial charge on any atom is 0.338 e. The number of benzene rings is 2. The summed E-state index contributed by atoms with van der Waals surface area (Å²) in [5, 5.41) is 5.50. The fraction of sp³-hybridized carbons (Fsp3) is 0.304. The van der Waals surface area contributed by atoms with Gasteiger partial charge >= 0.3 is 12.0 Å². The van der Waals surface area contributed by atoms with Crippen molar-refractivity contribution >= 4 is 12.0 Å². The van der Waals surface area contributed by atoms with E-state index in [0.717, 1.165) is 17.5 Å². The second-order valence-corrected chi connectivity index (χ2v) is 6.83. The molecule has 6 heteroatoms. The van der Waals surface area contributed by atoms with Crippen LogP contribution >= 0.6 is 0 Å². The molecule has 2 amide bonds. The second kappa shape index (κ2) is 9.78. The Bertz CT molecular complexity index is 893. The highest BCUT2D eigenvalue weighted by atomic mass is 16.5.